The Labute approximate surface area is 168 Å². The topological polar surface area (TPSA) is 190 Å². The van der Waals surface area contributed by atoms with E-state index in [2.05, 4.69) is 33.6 Å². The van der Waals surface area contributed by atoms with Gasteiger partial charge in [0.05, 0.1) is 0 Å². The second-order valence-corrected chi connectivity index (χ2v) is 7.35. The summed E-state index contributed by atoms with van der Waals surface area (Å²) in [6.45, 7) is 0. The van der Waals surface area contributed by atoms with Crippen LogP contribution in [-0.4, -0.2) is 39.9 Å². The minimum Gasteiger partial charge on any atom is -0.780 e. The van der Waals surface area contributed by atoms with Gasteiger partial charge in [0.2, 0.25) is 0 Å². The fraction of sp³-hybridized carbons (Fsp3) is 0. The second kappa shape index (κ2) is 14.2. The zero-order valence-corrected chi connectivity index (χ0v) is 19.4. The summed E-state index contributed by atoms with van der Waals surface area (Å²) in [5.74, 6) is 0. The molecule has 0 saturated carbocycles. The average Bonchev–Trinajstić information content (AvgIpc) is 1.41. The van der Waals surface area contributed by atoms with Crippen LogP contribution in [0.5, 0.6) is 0 Å². The van der Waals surface area contributed by atoms with Crippen molar-refractivity contribution in [2.75, 3.05) is 0 Å². The van der Waals surface area contributed by atoms with Gasteiger partial charge in [0, 0.05) is 0 Å². The van der Waals surface area contributed by atoms with Gasteiger partial charge in [-0.15, -0.1) is 27.2 Å². The molecular formula is La2O9S6. The molecule has 0 amide bonds. The third kappa shape index (κ3) is 540. The summed E-state index contributed by atoms with van der Waals surface area (Å²) >= 11 is 9.73. The van der Waals surface area contributed by atoms with Gasteiger partial charge in [0.15, 0.2) is 0 Å². The van der Waals surface area contributed by atoms with Crippen LogP contribution in [0.4, 0.5) is 0 Å². The molecule has 0 aromatic carbocycles. The third-order valence-electron chi connectivity index (χ3n) is 0. The fourth-order valence-electron chi connectivity index (χ4n) is 0. The summed E-state index contributed by atoms with van der Waals surface area (Å²) in [4.78, 5) is 0. The van der Waals surface area contributed by atoms with Gasteiger partial charge < -0.3 is 27.3 Å². The first-order chi connectivity index (χ1) is 6.00. The molecule has 0 bridgehead atoms. The monoisotopic (exact) mass is 614 g/mol. The van der Waals surface area contributed by atoms with E-state index >= 15 is 0 Å². The second-order valence-electron chi connectivity index (χ2n) is 1.22. The van der Waals surface area contributed by atoms with Crippen molar-refractivity contribution in [3.8, 4) is 0 Å². The number of hydrogen-bond acceptors (Lipinski definition) is 12. The maximum absolute atomic E-state index is 8.89. The molecule has 0 rings (SSSR count). The van der Waals surface area contributed by atoms with Crippen LogP contribution in [-0.2, 0) is 60.7 Å². The van der Waals surface area contributed by atoms with Crippen molar-refractivity contribution in [1.29, 1.82) is 0 Å². The van der Waals surface area contributed by atoms with Crippen LogP contribution < -0.4 is 0 Å². The van der Waals surface area contributed by atoms with Gasteiger partial charge in [0.1, 0.15) is 0 Å². The summed E-state index contributed by atoms with van der Waals surface area (Å²) in [6, 6.07) is 0. The standard InChI is InChI=1S/2La.3H2O3S2/c;;3*1-5(2,3)4/h;;3*(H2,1,2,3,4)/q2*+3;;;/p-6. The van der Waals surface area contributed by atoms with E-state index in [0.717, 1.165) is 0 Å². The molecule has 0 heterocycles. The summed E-state index contributed by atoms with van der Waals surface area (Å²) in [6.07, 6.45) is 0. The summed E-state index contributed by atoms with van der Waals surface area (Å²) < 4.78 is 80.0. The zero-order valence-electron chi connectivity index (χ0n) is 7.28. The van der Waals surface area contributed by atoms with Crippen LogP contribution in [0.25, 0.3) is 0 Å². The minimum atomic E-state index is -4.33. The van der Waals surface area contributed by atoms with Crippen LogP contribution in [0, 0.1) is 71.2 Å². The molecule has 0 spiro atoms. The van der Waals surface area contributed by atoms with Crippen LogP contribution in [0.2, 0.25) is 0 Å². The molecule has 0 aliphatic carbocycles. The normalized spacial score (nSPS) is 10.2. The summed E-state index contributed by atoms with van der Waals surface area (Å²) in [7, 11) is -13.0. The zero-order chi connectivity index (χ0) is 13.5. The van der Waals surface area contributed by atoms with Crippen molar-refractivity contribution in [1.82, 2.24) is 0 Å². The van der Waals surface area contributed by atoms with Gasteiger partial charge in [-0.25, -0.2) is 0 Å². The minimum absolute atomic E-state index is 0. The van der Waals surface area contributed by atoms with Gasteiger partial charge in [-0.3, -0.25) is 12.6 Å². The van der Waals surface area contributed by atoms with E-state index in [1.54, 1.807) is 0 Å². The number of hydrogen-bond donors (Lipinski definition) is 0. The predicted molar refractivity (Wildman–Crippen MR) is 51.2 cm³/mol. The van der Waals surface area contributed by atoms with Gasteiger partial charge in [-0.1, -0.05) is 0 Å². The molecule has 0 aliphatic rings. The van der Waals surface area contributed by atoms with Crippen molar-refractivity contribution >= 4 is 60.7 Å². The Balaban J connectivity index is -0.0000000400. The summed E-state index contributed by atoms with van der Waals surface area (Å²) in [5.41, 5.74) is 0. The smallest absolute Gasteiger partial charge is 0.780 e. The molecule has 0 unspecified atom stereocenters. The molecule has 0 aromatic heterocycles. The van der Waals surface area contributed by atoms with Gasteiger partial charge >= 0.3 is 71.2 Å². The Kier molecular flexibility index (Phi) is 27.0. The molecule has 0 fully saturated rings. The van der Waals surface area contributed by atoms with E-state index in [9.17, 15) is 0 Å². The molecule has 0 saturated heterocycles. The fourth-order valence-corrected chi connectivity index (χ4v) is 0. The Morgan fingerprint density at radius 1 is 0.529 bits per heavy atom. The molecule has 0 aliphatic heterocycles. The van der Waals surface area contributed by atoms with E-state index < -0.39 is 27.2 Å². The Hall–Kier alpha value is 3.26. The quantitative estimate of drug-likeness (QED) is 0.269. The first kappa shape index (κ1) is 32.3. The molecule has 96 valence electrons. The average molecular weight is 614 g/mol. The molecule has 17 heavy (non-hydrogen) atoms. The van der Waals surface area contributed by atoms with Crippen molar-refractivity contribution < 1.29 is 111 Å². The van der Waals surface area contributed by atoms with Crippen LogP contribution >= 0.6 is 0 Å². The van der Waals surface area contributed by atoms with Gasteiger partial charge in [-0.05, 0) is 33.6 Å². The van der Waals surface area contributed by atoms with E-state index in [1.165, 1.54) is 0 Å². The van der Waals surface area contributed by atoms with E-state index in [1.807, 2.05) is 0 Å². The third-order valence-corrected chi connectivity index (χ3v) is 0. The first-order valence-corrected chi connectivity index (χ1v) is 9.00. The molecule has 0 aromatic rings. The molecular weight excluding hydrogens is 614 g/mol. The number of rotatable bonds is 0. The van der Waals surface area contributed by atoms with Crippen LogP contribution in [0.15, 0.2) is 0 Å². The Morgan fingerprint density at radius 2 is 0.529 bits per heavy atom. The van der Waals surface area contributed by atoms with Crippen molar-refractivity contribution in [3.05, 3.63) is 0 Å². The van der Waals surface area contributed by atoms with Crippen molar-refractivity contribution in [2.24, 2.45) is 0 Å². The maximum Gasteiger partial charge on any atom is 3.00 e. The van der Waals surface area contributed by atoms with Gasteiger partial charge in [-0.2, -0.15) is 0 Å². The summed E-state index contributed by atoms with van der Waals surface area (Å²) in [5, 5.41) is 0. The van der Waals surface area contributed by atoms with Crippen LogP contribution in [0.1, 0.15) is 0 Å². The maximum atomic E-state index is 8.89. The van der Waals surface area contributed by atoms with E-state index in [0.29, 0.717) is 0 Å². The molecule has 0 N–H and O–H groups in total. The van der Waals surface area contributed by atoms with Crippen molar-refractivity contribution in [3.63, 3.8) is 0 Å². The predicted octanol–water partition coefficient (Wildman–Crippen LogP) is -3.02. The molecule has 17 heteroatoms. The largest absolute Gasteiger partial charge is 3.00 e. The van der Waals surface area contributed by atoms with Gasteiger partial charge in [0.25, 0.3) is 0 Å². The van der Waals surface area contributed by atoms with Crippen LogP contribution in [0.3, 0.4) is 0 Å². The van der Waals surface area contributed by atoms with Crippen molar-refractivity contribution in [2.45, 2.75) is 0 Å². The Bertz CT molecular complexity index is 344. The molecule has 0 radical (unpaired) electrons. The molecule has 9 nitrogen and oxygen atoms in total. The Morgan fingerprint density at radius 3 is 0.529 bits per heavy atom. The molecule has 0 atom stereocenters. The SMILES string of the molecule is O=S([O-])([O-])=S.O=S([O-])([O-])=S.O=S([O-])([O-])=S.[La+3].[La+3]. The van der Waals surface area contributed by atoms with E-state index in [-0.39, 0.29) is 71.2 Å². The van der Waals surface area contributed by atoms with E-state index in [4.69, 9.17) is 39.9 Å². The first-order valence-electron chi connectivity index (χ1n) is 2.00.